The lowest BCUT2D eigenvalue weighted by atomic mass is 9.98. The summed E-state index contributed by atoms with van der Waals surface area (Å²) < 4.78 is 22.6. The van der Waals surface area contributed by atoms with Gasteiger partial charge in [-0.15, -0.1) is 0 Å². The molecular formula is C14H29NO2S. The molecule has 1 saturated carbocycles. The first-order valence-corrected chi connectivity index (χ1v) is 9.08. The Labute approximate surface area is 113 Å². The highest BCUT2D eigenvalue weighted by atomic mass is 32.2. The third-order valence-electron chi connectivity index (χ3n) is 4.49. The Balaban J connectivity index is 2.44. The van der Waals surface area contributed by atoms with Crippen LogP contribution in [0.5, 0.6) is 0 Å². The van der Waals surface area contributed by atoms with Gasteiger partial charge in [-0.25, -0.2) is 8.42 Å². The number of hydrogen-bond donors (Lipinski definition) is 1. The zero-order valence-corrected chi connectivity index (χ0v) is 13.1. The molecule has 0 aromatic carbocycles. The standard InChI is InChI=1S/C14H29NO2S/c1-5-12-7-6-8-13(10-9-12)15-11-14(2,3)18(4,16)17/h12-13,15H,5-11H2,1-4H3. The zero-order valence-electron chi connectivity index (χ0n) is 12.3. The van der Waals surface area contributed by atoms with Crippen molar-refractivity contribution < 1.29 is 8.42 Å². The Morgan fingerprint density at radius 3 is 2.39 bits per heavy atom. The van der Waals surface area contributed by atoms with Crippen molar-refractivity contribution >= 4 is 9.84 Å². The van der Waals surface area contributed by atoms with Crippen molar-refractivity contribution in [3.63, 3.8) is 0 Å². The van der Waals surface area contributed by atoms with Gasteiger partial charge in [-0.05, 0) is 39.0 Å². The Morgan fingerprint density at radius 2 is 1.83 bits per heavy atom. The fourth-order valence-electron chi connectivity index (χ4n) is 2.51. The minimum atomic E-state index is -2.99. The molecular weight excluding hydrogens is 246 g/mol. The van der Waals surface area contributed by atoms with Crippen LogP contribution >= 0.6 is 0 Å². The van der Waals surface area contributed by atoms with Crippen molar-refractivity contribution in [1.29, 1.82) is 0 Å². The molecule has 0 saturated heterocycles. The van der Waals surface area contributed by atoms with Gasteiger partial charge in [-0.2, -0.15) is 0 Å². The second kappa shape index (κ2) is 6.38. The van der Waals surface area contributed by atoms with E-state index < -0.39 is 14.6 Å². The number of nitrogens with one attached hydrogen (secondary N) is 1. The molecule has 1 aliphatic carbocycles. The molecule has 1 rings (SSSR count). The van der Waals surface area contributed by atoms with E-state index in [1.807, 2.05) is 0 Å². The Hall–Kier alpha value is -0.0900. The van der Waals surface area contributed by atoms with E-state index in [9.17, 15) is 8.42 Å². The summed E-state index contributed by atoms with van der Waals surface area (Å²) in [6, 6.07) is 0.502. The molecule has 1 aliphatic rings. The lowest BCUT2D eigenvalue weighted by molar-refractivity contribution is 0.411. The third-order valence-corrected chi connectivity index (χ3v) is 6.64. The van der Waals surface area contributed by atoms with E-state index in [2.05, 4.69) is 12.2 Å². The molecule has 0 amide bonds. The van der Waals surface area contributed by atoms with Gasteiger partial charge in [0.15, 0.2) is 9.84 Å². The Morgan fingerprint density at radius 1 is 1.17 bits per heavy atom. The summed E-state index contributed by atoms with van der Waals surface area (Å²) in [4.78, 5) is 0. The van der Waals surface area contributed by atoms with E-state index >= 15 is 0 Å². The lowest BCUT2D eigenvalue weighted by Crippen LogP contribution is -2.45. The van der Waals surface area contributed by atoms with Crippen LogP contribution in [0.3, 0.4) is 0 Å². The molecule has 1 fully saturated rings. The van der Waals surface area contributed by atoms with Gasteiger partial charge in [-0.3, -0.25) is 0 Å². The maximum absolute atomic E-state index is 11.7. The average molecular weight is 275 g/mol. The van der Waals surface area contributed by atoms with Gasteiger partial charge in [0.2, 0.25) is 0 Å². The molecule has 1 N–H and O–H groups in total. The summed E-state index contributed by atoms with van der Waals surface area (Å²) >= 11 is 0. The minimum absolute atomic E-state index is 0.502. The summed E-state index contributed by atoms with van der Waals surface area (Å²) in [5.41, 5.74) is 0. The van der Waals surface area contributed by atoms with Crippen LogP contribution in [0.1, 0.15) is 59.3 Å². The van der Waals surface area contributed by atoms with Crippen LogP contribution in [0.4, 0.5) is 0 Å². The predicted molar refractivity (Wildman–Crippen MR) is 77.6 cm³/mol. The smallest absolute Gasteiger partial charge is 0.153 e. The van der Waals surface area contributed by atoms with Gasteiger partial charge in [0.05, 0.1) is 4.75 Å². The van der Waals surface area contributed by atoms with Crippen LogP contribution in [0.25, 0.3) is 0 Å². The second-order valence-electron chi connectivity index (χ2n) is 6.39. The zero-order chi connectivity index (χ0) is 13.8. The summed E-state index contributed by atoms with van der Waals surface area (Å²) in [7, 11) is -2.99. The Kier molecular flexibility index (Phi) is 5.66. The van der Waals surface area contributed by atoms with Crippen LogP contribution < -0.4 is 5.32 Å². The van der Waals surface area contributed by atoms with Crippen molar-refractivity contribution in [1.82, 2.24) is 5.32 Å². The SMILES string of the molecule is CCC1CCCC(NCC(C)(C)S(C)(=O)=O)CC1. The second-order valence-corrected chi connectivity index (χ2v) is 9.04. The van der Waals surface area contributed by atoms with E-state index in [-0.39, 0.29) is 0 Å². The Bertz CT molecular complexity index is 349. The van der Waals surface area contributed by atoms with Gasteiger partial charge < -0.3 is 5.32 Å². The van der Waals surface area contributed by atoms with Crippen LogP contribution in [0, 0.1) is 5.92 Å². The van der Waals surface area contributed by atoms with E-state index in [1.165, 1.54) is 44.8 Å². The van der Waals surface area contributed by atoms with E-state index in [4.69, 9.17) is 0 Å². The monoisotopic (exact) mass is 275 g/mol. The highest BCUT2D eigenvalue weighted by Gasteiger charge is 2.30. The largest absolute Gasteiger partial charge is 0.312 e. The number of hydrogen-bond acceptors (Lipinski definition) is 3. The number of rotatable bonds is 5. The van der Waals surface area contributed by atoms with Crippen LogP contribution in [0.2, 0.25) is 0 Å². The fourth-order valence-corrected chi connectivity index (χ4v) is 2.86. The first-order valence-electron chi connectivity index (χ1n) is 7.19. The molecule has 0 heterocycles. The molecule has 4 heteroatoms. The molecule has 0 radical (unpaired) electrons. The van der Waals surface area contributed by atoms with Crippen molar-refractivity contribution in [3.05, 3.63) is 0 Å². The van der Waals surface area contributed by atoms with Gasteiger partial charge in [0.25, 0.3) is 0 Å². The first kappa shape index (κ1) is 16.0. The highest BCUT2D eigenvalue weighted by Crippen LogP contribution is 2.26. The first-order chi connectivity index (χ1) is 8.26. The molecule has 0 aliphatic heterocycles. The number of sulfone groups is 1. The summed E-state index contributed by atoms with van der Waals surface area (Å²) in [6.07, 6.45) is 8.89. The van der Waals surface area contributed by atoms with E-state index in [0.29, 0.717) is 12.6 Å². The maximum atomic E-state index is 11.7. The summed E-state index contributed by atoms with van der Waals surface area (Å²) in [6.45, 7) is 6.44. The van der Waals surface area contributed by atoms with Crippen LogP contribution in [0.15, 0.2) is 0 Å². The molecule has 18 heavy (non-hydrogen) atoms. The van der Waals surface area contributed by atoms with E-state index in [0.717, 1.165) is 5.92 Å². The van der Waals surface area contributed by atoms with Gasteiger partial charge in [0, 0.05) is 18.8 Å². The van der Waals surface area contributed by atoms with Gasteiger partial charge >= 0.3 is 0 Å². The average Bonchev–Trinajstić information content (AvgIpc) is 2.49. The van der Waals surface area contributed by atoms with Crippen molar-refractivity contribution in [2.45, 2.75) is 70.1 Å². The normalized spacial score (nSPS) is 26.9. The van der Waals surface area contributed by atoms with E-state index in [1.54, 1.807) is 13.8 Å². The van der Waals surface area contributed by atoms with Crippen molar-refractivity contribution in [2.24, 2.45) is 5.92 Å². The van der Waals surface area contributed by atoms with Crippen molar-refractivity contribution in [3.8, 4) is 0 Å². The molecule has 3 nitrogen and oxygen atoms in total. The van der Waals surface area contributed by atoms with Crippen LogP contribution in [-0.2, 0) is 9.84 Å². The summed E-state index contributed by atoms with van der Waals surface area (Å²) in [5.74, 6) is 0.875. The lowest BCUT2D eigenvalue weighted by Gasteiger charge is -2.26. The molecule has 0 bridgehead atoms. The molecule has 108 valence electrons. The predicted octanol–water partition coefficient (Wildman–Crippen LogP) is 2.76. The van der Waals surface area contributed by atoms with Gasteiger partial charge in [-0.1, -0.05) is 26.2 Å². The molecule has 2 unspecified atom stereocenters. The van der Waals surface area contributed by atoms with Crippen LogP contribution in [-0.4, -0.2) is 32.0 Å². The molecule has 0 aromatic rings. The fraction of sp³-hybridized carbons (Fsp3) is 1.00. The quantitative estimate of drug-likeness (QED) is 0.785. The molecule has 0 spiro atoms. The van der Waals surface area contributed by atoms with Crippen molar-refractivity contribution in [2.75, 3.05) is 12.8 Å². The van der Waals surface area contributed by atoms with Gasteiger partial charge in [0.1, 0.15) is 0 Å². The molecule has 0 aromatic heterocycles. The topological polar surface area (TPSA) is 46.2 Å². The summed E-state index contributed by atoms with van der Waals surface area (Å²) in [5, 5.41) is 3.47. The maximum Gasteiger partial charge on any atom is 0.153 e. The minimum Gasteiger partial charge on any atom is -0.312 e. The molecule has 2 atom stereocenters. The highest BCUT2D eigenvalue weighted by molar-refractivity contribution is 7.92. The third kappa shape index (κ3) is 4.54.